The normalized spacial score (nSPS) is 10.3. The van der Waals surface area contributed by atoms with Gasteiger partial charge in [-0.1, -0.05) is 0 Å². The fourth-order valence-electron chi connectivity index (χ4n) is 0.263. The Balaban J connectivity index is 4.06. The lowest BCUT2D eigenvalue weighted by molar-refractivity contribution is -0.140. The Hall–Kier alpha value is -1.59. The fourth-order valence-corrected chi connectivity index (χ4v) is 0.263. The summed E-state index contributed by atoms with van der Waals surface area (Å²) >= 11 is 0. The van der Waals surface area contributed by atoms with Crippen LogP contribution in [0.2, 0.25) is 0 Å². The first-order chi connectivity index (χ1) is 4.72. The highest BCUT2D eigenvalue weighted by atomic mass is 16.7. The van der Waals surface area contributed by atoms with Gasteiger partial charge in [-0.25, -0.2) is 10.3 Å². The van der Waals surface area contributed by atoms with Gasteiger partial charge in [-0.15, -0.1) is 0 Å². The van der Waals surface area contributed by atoms with Crippen LogP contribution in [0.3, 0.4) is 0 Å². The Morgan fingerprint density at radius 2 is 2.20 bits per heavy atom. The van der Waals surface area contributed by atoms with Crippen LogP contribution in [-0.4, -0.2) is 5.97 Å². The van der Waals surface area contributed by atoms with E-state index in [-0.39, 0.29) is 5.57 Å². The number of carbonyl (C=O) groups excluding carboxylic acids is 1. The number of hydrogen-bond donors (Lipinski definition) is 2. The van der Waals surface area contributed by atoms with Crippen molar-refractivity contribution in [2.24, 2.45) is 10.4 Å². The minimum absolute atomic E-state index is 0.131. The van der Waals surface area contributed by atoms with Crippen LogP contribution >= 0.6 is 0 Å². The van der Waals surface area contributed by atoms with E-state index in [1.54, 1.807) is 0 Å². The Kier molecular flexibility index (Phi) is 3.62. The molecule has 0 saturated heterocycles. The van der Waals surface area contributed by atoms with Crippen LogP contribution in [0.4, 0.5) is 0 Å². The van der Waals surface area contributed by atoms with E-state index in [1.165, 1.54) is 6.92 Å². The van der Waals surface area contributed by atoms with Crippen LogP contribution in [0.15, 0.2) is 22.2 Å². The summed E-state index contributed by atoms with van der Waals surface area (Å²) in [7, 11) is 0. The molecule has 0 spiro atoms. The smallest absolute Gasteiger partial charge is 0.295 e. The van der Waals surface area contributed by atoms with E-state index >= 15 is 0 Å². The molecular formula is C4H6N4O2. The van der Waals surface area contributed by atoms with Crippen LogP contribution in [0.5, 0.6) is 0 Å². The molecule has 2 N–H and O–H groups in total. The highest BCUT2D eigenvalue weighted by Gasteiger charge is 2.03. The summed E-state index contributed by atoms with van der Waals surface area (Å²) in [6.07, 6.45) is 1.01. The predicted molar refractivity (Wildman–Crippen MR) is 30.1 cm³/mol. The van der Waals surface area contributed by atoms with Crippen molar-refractivity contribution >= 4 is 5.97 Å². The summed E-state index contributed by atoms with van der Waals surface area (Å²) in [4.78, 5) is 14.4. The van der Waals surface area contributed by atoms with Gasteiger partial charge in [0.25, 0.3) is 0 Å². The lowest BCUT2D eigenvalue weighted by Gasteiger charge is -1.90. The zero-order chi connectivity index (χ0) is 7.98. The Bertz CT molecular complexity index is 186. The van der Waals surface area contributed by atoms with Crippen molar-refractivity contribution in [2.75, 3.05) is 0 Å². The Morgan fingerprint density at radius 1 is 1.60 bits per heavy atom. The molecule has 0 aliphatic heterocycles. The summed E-state index contributed by atoms with van der Waals surface area (Å²) in [6, 6.07) is 0. The highest BCUT2D eigenvalue weighted by molar-refractivity contribution is 5.87. The summed E-state index contributed by atoms with van der Waals surface area (Å²) in [5.41, 5.74) is 12.6. The van der Waals surface area contributed by atoms with Crippen LogP contribution in [0, 0.1) is 11.1 Å². The maximum absolute atomic E-state index is 10.5. The molecule has 0 saturated carbocycles. The number of nitrogens with zero attached hydrogens (tertiary/aromatic N) is 2. The van der Waals surface area contributed by atoms with Crippen molar-refractivity contribution in [3.8, 4) is 0 Å². The topological polar surface area (TPSA) is 98.7 Å². The van der Waals surface area contributed by atoms with Gasteiger partial charge in [0, 0.05) is 5.28 Å². The zero-order valence-electron chi connectivity index (χ0n) is 5.29. The van der Waals surface area contributed by atoms with Crippen molar-refractivity contribution in [1.82, 2.24) is 0 Å². The summed E-state index contributed by atoms with van der Waals surface area (Å²) in [6.45, 7) is 1.41. The molecular weight excluding hydrogens is 136 g/mol. The first-order valence-electron chi connectivity index (χ1n) is 2.33. The standard InChI is InChI=1S/C4H6N4O2/c1-3(2-7-5)4(9)10-8-6/h2,5-6H,1H3. The second-order valence-electron chi connectivity index (χ2n) is 1.41. The molecule has 10 heavy (non-hydrogen) atoms. The maximum Gasteiger partial charge on any atom is 0.365 e. The first-order valence-corrected chi connectivity index (χ1v) is 2.33. The van der Waals surface area contributed by atoms with Gasteiger partial charge in [-0.3, -0.25) is 4.84 Å². The van der Waals surface area contributed by atoms with Crippen LogP contribution < -0.4 is 0 Å². The van der Waals surface area contributed by atoms with Crippen molar-refractivity contribution in [1.29, 1.82) is 11.1 Å². The third-order valence-corrected chi connectivity index (χ3v) is 0.709. The van der Waals surface area contributed by atoms with Crippen molar-refractivity contribution < 1.29 is 9.63 Å². The average molecular weight is 142 g/mol. The molecule has 6 heteroatoms. The molecule has 0 heterocycles. The van der Waals surface area contributed by atoms with Gasteiger partial charge in [0.05, 0.1) is 11.8 Å². The van der Waals surface area contributed by atoms with E-state index in [1.807, 2.05) is 0 Å². The Morgan fingerprint density at radius 3 is 2.60 bits per heavy atom. The third kappa shape index (κ3) is 2.65. The average Bonchev–Trinajstić information content (AvgIpc) is 1.89. The second-order valence-corrected chi connectivity index (χ2v) is 1.41. The van der Waals surface area contributed by atoms with E-state index in [9.17, 15) is 4.79 Å². The molecule has 0 fully saturated rings. The van der Waals surface area contributed by atoms with E-state index in [2.05, 4.69) is 15.2 Å². The van der Waals surface area contributed by atoms with Gasteiger partial charge in [-0.05, 0) is 6.92 Å². The molecule has 0 aromatic rings. The number of carbonyl (C=O) groups is 1. The molecule has 0 aliphatic carbocycles. The van der Waals surface area contributed by atoms with Crippen LogP contribution in [0.25, 0.3) is 0 Å². The van der Waals surface area contributed by atoms with Crippen molar-refractivity contribution in [3.05, 3.63) is 11.8 Å². The van der Waals surface area contributed by atoms with Crippen LogP contribution in [-0.2, 0) is 9.63 Å². The molecule has 0 unspecified atom stereocenters. The van der Waals surface area contributed by atoms with Gasteiger partial charge in [0.1, 0.15) is 0 Å². The van der Waals surface area contributed by atoms with Crippen LogP contribution in [0.1, 0.15) is 6.92 Å². The summed E-state index contributed by atoms with van der Waals surface area (Å²) in [5.74, 6) is -0.772. The highest BCUT2D eigenvalue weighted by Crippen LogP contribution is 1.96. The molecule has 0 aromatic heterocycles. The summed E-state index contributed by atoms with van der Waals surface area (Å²) < 4.78 is 0. The quantitative estimate of drug-likeness (QED) is 0.353. The largest absolute Gasteiger partial charge is 0.365 e. The van der Waals surface area contributed by atoms with Gasteiger partial charge in [0.15, 0.2) is 0 Å². The molecule has 0 aromatic carbocycles. The molecule has 54 valence electrons. The number of rotatable bonds is 3. The van der Waals surface area contributed by atoms with Crippen molar-refractivity contribution in [2.45, 2.75) is 6.92 Å². The monoisotopic (exact) mass is 142 g/mol. The minimum atomic E-state index is -0.772. The first kappa shape index (κ1) is 8.41. The maximum atomic E-state index is 10.5. The van der Waals surface area contributed by atoms with Gasteiger partial charge >= 0.3 is 5.97 Å². The molecule has 0 rings (SSSR count). The molecule has 6 nitrogen and oxygen atoms in total. The fraction of sp³-hybridized carbons (Fsp3) is 0.250. The molecule has 0 amide bonds. The van der Waals surface area contributed by atoms with E-state index in [4.69, 9.17) is 11.1 Å². The SMILES string of the molecule is CC(=CN=N)C(=O)ON=N. The van der Waals surface area contributed by atoms with Gasteiger partial charge in [0.2, 0.25) is 0 Å². The van der Waals surface area contributed by atoms with E-state index in [0.29, 0.717) is 0 Å². The van der Waals surface area contributed by atoms with Gasteiger partial charge < -0.3 is 0 Å². The lowest BCUT2D eigenvalue weighted by atomic mass is 10.3. The molecule has 0 aliphatic rings. The third-order valence-electron chi connectivity index (χ3n) is 0.709. The number of nitrogens with one attached hydrogen (secondary N) is 2. The van der Waals surface area contributed by atoms with E-state index in [0.717, 1.165) is 6.20 Å². The summed E-state index contributed by atoms with van der Waals surface area (Å²) in [5, 5.41) is 5.22. The molecule has 0 atom stereocenters. The Labute approximate surface area is 56.8 Å². The zero-order valence-corrected chi connectivity index (χ0v) is 5.29. The molecule has 0 radical (unpaired) electrons. The second kappa shape index (κ2) is 4.30. The molecule has 0 bridgehead atoms. The predicted octanol–water partition coefficient (Wildman–Crippen LogP) is 1.41. The minimum Gasteiger partial charge on any atom is -0.295 e. The van der Waals surface area contributed by atoms with Crippen molar-refractivity contribution in [3.63, 3.8) is 0 Å². The van der Waals surface area contributed by atoms with E-state index < -0.39 is 5.97 Å². The lowest BCUT2D eigenvalue weighted by Crippen LogP contribution is -1.99. The number of hydrogen-bond acceptors (Lipinski definition) is 6. The van der Waals surface area contributed by atoms with Gasteiger partial charge in [-0.2, -0.15) is 10.6 Å².